The van der Waals surface area contributed by atoms with Crippen LogP contribution in [-0.4, -0.2) is 0 Å². The highest BCUT2D eigenvalue weighted by molar-refractivity contribution is 5.86. The number of fused-ring (bicyclic) bond motifs is 1. The molecule has 0 fully saturated rings. The molecule has 2 aromatic rings. The van der Waals surface area contributed by atoms with E-state index in [4.69, 9.17) is 4.42 Å². The highest BCUT2D eigenvalue weighted by Crippen LogP contribution is 2.31. The Balaban J connectivity index is 2.84. The average Bonchev–Trinajstić information content (AvgIpc) is 2.43. The normalized spacial score (nSPS) is 11.5. The molecule has 0 aliphatic heterocycles. The molecule has 0 aliphatic carbocycles. The van der Waals surface area contributed by atoms with Gasteiger partial charge in [0.05, 0.1) is 0 Å². The molecule has 0 amide bonds. The lowest BCUT2D eigenvalue weighted by atomic mass is 9.97. The Morgan fingerprint density at radius 1 is 1.14 bits per heavy atom. The minimum absolute atomic E-state index is 0.550. The third-order valence-corrected chi connectivity index (χ3v) is 2.85. The SMILES string of the molecule is Cc1oc2cccc(C(C)C)c2c1C. The summed E-state index contributed by atoms with van der Waals surface area (Å²) < 4.78 is 5.69. The van der Waals surface area contributed by atoms with E-state index in [-0.39, 0.29) is 0 Å². The van der Waals surface area contributed by atoms with Crippen molar-refractivity contribution in [2.75, 3.05) is 0 Å². The minimum Gasteiger partial charge on any atom is -0.461 e. The van der Waals surface area contributed by atoms with Gasteiger partial charge in [-0.05, 0) is 37.0 Å². The van der Waals surface area contributed by atoms with Crippen molar-refractivity contribution in [2.24, 2.45) is 0 Å². The molecular weight excluding hydrogens is 172 g/mol. The third-order valence-electron chi connectivity index (χ3n) is 2.85. The van der Waals surface area contributed by atoms with Gasteiger partial charge in [0.2, 0.25) is 0 Å². The van der Waals surface area contributed by atoms with Crippen LogP contribution < -0.4 is 0 Å². The summed E-state index contributed by atoms with van der Waals surface area (Å²) in [5.74, 6) is 1.59. The van der Waals surface area contributed by atoms with Gasteiger partial charge in [-0.15, -0.1) is 0 Å². The van der Waals surface area contributed by atoms with Gasteiger partial charge < -0.3 is 4.42 Å². The molecule has 0 saturated heterocycles. The Hall–Kier alpha value is -1.24. The number of hydrogen-bond donors (Lipinski definition) is 0. The van der Waals surface area contributed by atoms with Crippen LogP contribution >= 0.6 is 0 Å². The fourth-order valence-electron chi connectivity index (χ4n) is 1.93. The first kappa shape index (κ1) is 9.32. The van der Waals surface area contributed by atoms with Gasteiger partial charge in [-0.2, -0.15) is 0 Å². The highest BCUT2D eigenvalue weighted by atomic mass is 16.3. The second-order valence-electron chi connectivity index (χ2n) is 4.16. The Kier molecular flexibility index (Phi) is 2.10. The van der Waals surface area contributed by atoms with Crippen LogP contribution in [0.2, 0.25) is 0 Å². The van der Waals surface area contributed by atoms with Crippen LogP contribution in [0.15, 0.2) is 22.6 Å². The number of aryl methyl sites for hydroxylation is 2. The van der Waals surface area contributed by atoms with Crippen LogP contribution in [0.1, 0.15) is 36.7 Å². The predicted octanol–water partition coefficient (Wildman–Crippen LogP) is 4.17. The predicted molar refractivity (Wildman–Crippen MR) is 59.8 cm³/mol. The van der Waals surface area contributed by atoms with E-state index in [1.54, 1.807) is 0 Å². The summed E-state index contributed by atoms with van der Waals surface area (Å²) in [6, 6.07) is 6.30. The number of furan rings is 1. The molecular formula is C13H16O. The minimum atomic E-state index is 0.550. The molecule has 2 rings (SSSR count). The molecule has 0 unspecified atom stereocenters. The van der Waals surface area contributed by atoms with E-state index >= 15 is 0 Å². The number of benzene rings is 1. The summed E-state index contributed by atoms with van der Waals surface area (Å²) in [6.45, 7) is 8.60. The molecule has 0 spiro atoms. The fourth-order valence-corrected chi connectivity index (χ4v) is 1.93. The number of rotatable bonds is 1. The average molecular weight is 188 g/mol. The molecule has 0 radical (unpaired) electrons. The summed E-state index contributed by atoms with van der Waals surface area (Å²) >= 11 is 0. The van der Waals surface area contributed by atoms with Crippen molar-refractivity contribution in [3.05, 3.63) is 35.1 Å². The van der Waals surface area contributed by atoms with Crippen molar-refractivity contribution < 1.29 is 4.42 Å². The molecule has 1 heterocycles. The van der Waals surface area contributed by atoms with Gasteiger partial charge in [0, 0.05) is 5.39 Å². The van der Waals surface area contributed by atoms with Gasteiger partial charge in [-0.3, -0.25) is 0 Å². The largest absolute Gasteiger partial charge is 0.461 e. The summed E-state index contributed by atoms with van der Waals surface area (Å²) in [7, 11) is 0. The van der Waals surface area contributed by atoms with Crippen LogP contribution in [0.5, 0.6) is 0 Å². The molecule has 0 N–H and O–H groups in total. The van der Waals surface area contributed by atoms with Crippen LogP contribution in [0.3, 0.4) is 0 Å². The molecule has 0 saturated carbocycles. The third kappa shape index (κ3) is 1.24. The highest BCUT2D eigenvalue weighted by Gasteiger charge is 2.12. The lowest BCUT2D eigenvalue weighted by Crippen LogP contribution is -1.88. The monoisotopic (exact) mass is 188 g/mol. The smallest absolute Gasteiger partial charge is 0.134 e. The van der Waals surface area contributed by atoms with Crippen LogP contribution in [0, 0.1) is 13.8 Å². The van der Waals surface area contributed by atoms with Gasteiger partial charge >= 0.3 is 0 Å². The first-order valence-corrected chi connectivity index (χ1v) is 5.10. The first-order chi connectivity index (χ1) is 6.61. The standard InChI is InChI=1S/C13H16O/c1-8(2)11-6-5-7-12-13(11)9(3)10(4)14-12/h5-8H,1-4H3. The van der Waals surface area contributed by atoms with Crippen molar-refractivity contribution in [3.8, 4) is 0 Å². The zero-order valence-electron chi connectivity index (χ0n) is 9.22. The Morgan fingerprint density at radius 2 is 1.86 bits per heavy atom. The van der Waals surface area contributed by atoms with E-state index in [0.29, 0.717) is 5.92 Å². The van der Waals surface area contributed by atoms with Gasteiger partial charge in [-0.25, -0.2) is 0 Å². The van der Waals surface area contributed by atoms with Gasteiger partial charge in [0.1, 0.15) is 11.3 Å². The van der Waals surface area contributed by atoms with E-state index in [1.165, 1.54) is 16.5 Å². The first-order valence-electron chi connectivity index (χ1n) is 5.10. The zero-order chi connectivity index (χ0) is 10.3. The lowest BCUT2D eigenvalue weighted by molar-refractivity contribution is 0.575. The van der Waals surface area contributed by atoms with E-state index in [2.05, 4.69) is 32.9 Å². The van der Waals surface area contributed by atoms with E-state index in [1.807, 2.05) is 13.0 Å². The maximum Gasteiger partial charge on any atom is 0.134 e. The van der Waals surface area contributed by atoms with Crippen LogP contribution in [-0.2, 0) is 0 Å². The summed E-state index contributed by atoms with van der Waals surface area (Å²) in [5.41, 5.74) is 3.69. The van der Waals surface area contributed by atoms with Crippen molar-refractivity contribution in [3.63, 3.8) is 0 Å². The fraction of sp³-hybridized carbons (Fsp3) is 0.385. The molecule has 0 aliphatic rings. The van der Waals surface area contributed by atoms with Crippen molar-refractivity contribution in [1.82, 2.24) is 0 Å². The molecule has 1 aromatic heterocycles. The van der Waals surface area contributed by atoms with Crippen LogP contribution in [0.25, 0.3) is 11.0 Å². The van der Waals surface area contributed by atoms with Crippen LogP contribution in [0.4, 0.5) is 0 Å². The Bertz CT molecular complexity index is 463. The Labute approximate surface area is 84.7 Å². The van der Waals surface area contributed by atoms with E-state index in [0.717, 1.165) is 11.3 Å². The second kappa shape index (κ2) is 3.16. The molecule has 74 valence electrons. The van der Waals surface area contributed by atoms with Gasteiger partial charge in [0.25, 0.3) is 0 Å². The quantitative estimate of drug-likeness (QED) is 0.654. The maximum atomic E-state index is 5.69. The zero-order valence-corrected chi connectivity index (χ0v) is 9.22. The second-order valence-corrected chi connectivity index (χ2v) is 4.16. The molecule has 0 atom stereocenters. The lowest BCUT2D eigenvalue weighted by Gasteiger charge is -2.06. The summed E-state index contributed by atoms with van der Waals surface area (Å²) in [6.07, 6.45) is 0. The van der Waals surface area contributed by atoms with E-state index < -0.39 is 0 Å². The Morgan fingerprint density at radius 3 is 2.50 bits per heavy atom. The number of hydrogen-bond acceptors (Lipinski definition) is 1. The molecule has 1 heteroatoms. The molecule has 1 nitrogen and oxygen atoms in total. The van der Waals surface area contributed by atoms with E-state index in [9.17, 15) is 0 Å². The molecule has 1 aromatic carbocycles. The van der Waals surface area contributed by atoms with Crippen molar-refractivity contribution in [1.29, 1.82) is 0 Å². The van der Waals surface area contributed by atoms with Gasteiger partial charge in [-0.1, -0.05) is 26.0 Å². The van der Waals surface area contributed by atoms with Gasteiger partial charge in [0.15, 0.2) is 0 Å². The molecule has 14 heavy (non-hydrogen) atoms. The summed E-state index contributed by atoms with van der Waals surface area (Å²) in [4.78, 5) is 0. The van der Waals surface area contributed by atoms with Crippen molar-refractivity contribution in [2.45, 2.75) is 33.6 Å². The summed E-state index contributed by atoms with van der Waals surface area (Å²) in [5, 5.41) is 1.31. The molecule has 0 bridgehead atoms. The maximum absolute atomic E-state index is 5.69. The van der Waals surface area contributed by atoms with Crippen molar-refractivity contribution >= 4 is 11.0 Å². The topological polar surface area (TPSA) is 13.1 Å².